The van der Waals surface area contributed by atoms with Gasteiger partial charge in [0.15, 0.2) is 5.96 Å². The molecule has 0 bridgehead atoms. The molecule has 2 rings (SSSR count). The van der Waals surface area contributed by atoms with E-state index in [4.69, 9.17) is 4.42 Å². The van der Waals surface area contributed by atoms with E-state index in [1.54, 1.807) is 6.92 Å². The highest BCUT2D eigenvalue weighted by atomic mass is 16.3. The monoisotopic (exact) mass is 392 g/mol. The predicted octanol–water partition coefficient (Wildman–Crippen LogP) is 3.17. The van der Waals surface area contributed by atoms with Crippen molar-refractivity contribution in [1.82, 2.24) is 15.5 Å². The predicted molar refractivity (Wildman–Crippen MR) is 116 cm³/mol. The standard InChI is InChI=1S/C22H40N4O2/c1-6-23-21(24-11-7-8-12-26-13-9-17(2)10-14-26)25-16-22(5,27)20-15-18(3)28-19(20)4/h15,17,27H,6-14,16H2,1-5H3,(H2,23,24,25). The first-order valence-corrected chi connectivity index (χ1v) is 10.9. The average Bonchev–Trinajstić information content (AvgIpc) is 3.00. The van der Waals surface area contributed by atoms with Crippen LogP contribution >= 0.6 is 0 Å². The number of piperidine rings is 1. The minimum atomic E-state index is -1.05. The van der Waals surface area contributed by atoms with Crippen molar-refractivity contribution >= 4 is 5.96 Å². The molecule has 1 aliphatic rings. The van der Waals surface area contributed by atoms with Gasteiger partial charge in [-0.05, 0) is 85.0 Å². The van der Waals surface area contributed by atoms with Gasteiger partial charge in [0, 0.05) is 18.7 Å². The van der Waals surface area contributed by atoms with Crippen LogP contribution in [0.4, 0.5) is 0 Å². The molecule has 1 aliphatic heterocycles. The van der Waals surface area contributed by atoms with Crippen molar-refractivity contribution in [3.63, 3.8) is 0 Å². The number of hydrogen-bond acceptors (Lipinski definition) is 4. The number of aryl methyl sites for hydroxylation is 2. The molecule has 1 atom stereocenters. The van der Waals surface area contributed by atoms with Gasteiger partial charge in [-0.2, -0.15) is 0 Å². The molecular formula is C22H40N4O2. The quantitative estimate of drug-likeness (QED) is 0.342. The molecule has 2 heterocycles. The zero-order valence-corrected chi connectivity index (χ0v) is 18.5. The van der Waals surface area contributed by atoms with Crippen molar-refractivity contribution in [2.24, 2.45) is 10.9 Å². The summed E-state index contributed by atoms with van der Waals surface area (Å²) in [6.45, 7) is 15.6. The molecule has 3 N–H and O–H groups in total. The zero-order valence-electron chi connectivity index (χ0n) is 18.5. The van der Waals surface area contributed by atoms with E-state index in [0.717, 1.165) is 48.5 Å². The molecule has 160 valence electrons. The van der Waals surface area contributed by atoms with Crippen molar-refractivity contribution in [3.05, 3.63) is 23.2 Å². The third kappa shape index (κ3) is 7.13. The molecule has 0 saturated carbocycles. The van der Waals surface area contributed by atoms with Crippen LogP contribution < -0.4 is 10.6 Å². The molecule has 0 spiro atoms. The molecule has 1 unspecified atom stereocenters. The topological polar surface area (TPSA) is 73.0 Å². The summed E-state index contributed by atoms with van der Waals surface area (Å²) >= 11 is 0. The highest BCUT2D eigenvalue weighted by Crippen LogP contribution is 2.27. The normalized spacial score (nSPS) is 18.9. The molecule has 6 nitrogen and oxygen atoms in total. The van der Waals surface area contributed by atoms with Crippen molar-refractivity contribution in [1.29, 1.82) is 0 Å². The van der Waals surface area contributed by atoms with Gasteiger partial charge in [-0.3, -0.25) is 0 Å². The fourth-order valence-corrected chi connectivity index (χ4v) is 3.78. The fraction of sp³-hybridized carbons (Fsp3) is 0.773. The van der Waals surface area contributed by atoms with E-state index in [1.165, 1.54) is 38.9 Å². The summed E-state index contributed by atoms with van der Waals surface area (Å²) in [5.41, 5.74) is -0.240. The van der Waals surface area contributed by atoms with Gasteiger partial charge in [0.1, 0.15) is 17.1 Å². The Morgan fingerprint density at radius 1 is 1.29 bits per heavy atom. The number of furan rings is 1. The molecule has 0 aliphatic carbocycles. The second-order valence-corrected chi connectivity index (χ2v) is 8.45. The number of nitrogens with zero attached hydrogens (tertiary/aromatic N) is 2. The maximum Gasteiger partial charge on any atom is 0.191 e. The minimum absolute atomic E-state index is 0.286. The van der Waals surface area contributed by atoms with E-state index in [2.05, 4.69) is 34.4 Å². The first kappa shape index (κ1) is 22.8. The first-order valence-electron chi connectivity index (χ1n) is 10.9. The Labute approximate surface area is 170 Å². The van der Waals surface area contributed by atoms with Crippen LogP contribution in [0.1, 0.15) is 63.5 Å². The SMILES string of the molecule is CCNC(=NCC(C)(O)c1cc(C)oc1C)NCCCCN1CCC(C)CC1. The molecule has 0 amide bonds. The summed E-state index contributed by atoms with van der Waals surface area (Å²) < 4.78 is 5.56. The third-order valence-electron chi connectivity index (χ3n) is 5.58. The maximum atomic E-state index is 10.8. The molecule has 1 aromatic heterocycles. The second-order valence-electron chi connectivity index (χ2n) is 8.45. The summed E-state index contributed by atoms with van der Waals surface area (Å²) in [6, 6.07) is 1.90. The van der Waals surface area contributed by atoms with Crippen LogP contribution in [0.3, 0.4) is 0 Å². The van der Waals surface area contributed by atoms with Crippen LogP contribution in [-0.4, -0.2) is 55.2 Å². The highest BCUT2D eigenvalue weighted by molar-refractivity contribution is 5.79. The number of guanidine groups is 1. The van der Waals surface area contributed by atoms with Crippen molar-refractivity contribution in [2.75, 3.05) is 39.3 Å². The number of hydrogen-bond donors (Lipinski definition) is 3. The Hall–Kier alpha value is -1.53. The number of aliphatic hydroxyl groups is 1. The molecule has 1 fully saturated rings. The third-order valence-corrected chi connectivity index (χ3v) is 5.58. The minimum Gasteiger partial charge on any atom is -0.466 e. The lowest BCUT2D eigenvalue weighted by atomic mass is 9.96. The first-order chi connectivity index (χ1) is 13.3. The van der Waals surface area contributed by atoms with E-state index in [1.807, 2.05) is 19.9 Å². The Morgan fingerprint density at radius 2 is 2.00 bits per heavy atom. The van der Waals surface area contributed by atoms with Gasteiger partial charge in [-0.25, -0.2) is 4.99 Å². The summed E-state index contributed by atoms with van der Waals surface area (Å²) in [5, 5.41) is 17.5. The summed E-state index contributed by atoms with van der Waals surface area (Å²) in [6.07, 6.45) is 5.00. The fourth-order valence-electron chi connectivity index (χ4n) is 3.78. The van der Waals surface area contributed by atoms with Crippen LogP contribution in [0.2, 0.25) is 0 Å². The smallest absolute Gasteiger partial charge is 0.191 e. The lowest BCUT2D eigenvalue weighted by molar-refractivity contribution is 0.0657. The van der Waals surface area contributed by atoms with Crippen LogP contribution in [0.25, 0.3) is 0 Å². The number of nitrogens with one attached hydrogen (secondary N) is 2. The lowest BCUT2D eigenvalue weighted by Gasteiger charge is -2.30. The van der Waals surface area contributed by atoms with Gasteiger partial charge in [-0.15, -0.1) is 0 Å². The summed E-state index contributed by atoms with van der Waals surface area (Å²) in [4.78, 5) is 7.19. The van der Waals surface area contributed by atoms with Gasteiger partial charge in [0.2, 0.25) is 0 Å². The van der Waals surface area contributed by atoms with Gasteiger partial charge in [0.25, 0.3) is 0 Å². The van der Waals surface area contributed by atoms with Crippen molar-refractivity contribution in [3.8, 4) is 0 Å². The molecule has 1 aromatic rings. The van der Waals surface area contributed by atoms with Crippen LogP contribution in [0, 0.1) is 19.8 Å². The summed E-state index contributed by atoms with van der Waals surface area (Å²) in [5.74, 6) is 3.21. The number of unbranched alkanes of at least 4 members (excludes halogenated alkanes) is 1. The lowest BCUT2D eigenvalue weighted by Crippen LogP contribution is -2.39. The van der Waals surface area contributed by atoms with E-state index in [-0.39, 0.29) is 6.54 Å². The van der Waals surface area contributed by atoms with E-state index < -0.39 is 5.60 Å². The van der Waals surface area contributed by atoms with Crippen molar-refractivity contribution < 1.29 is 9.52 Å². The largest absolute Gasteiger partial charge is 0.466 e. The second kappa shape index (κ2) is 10.9. The zero-order chi connectivity index (χ0) is 20.6. The van der Waals surface area contributed by atoms with Gasteiger partial charge in [0.05, 0.1) is 6.54 Å². The maximum absolute atomic E-state index is 10.8. The Kier molecular flexibility index (Phi) is 8.83. The van der Waals surface area contributed by atoms with Crippen LogP contribution in [0.15, 0.2) is 15.5 Å². The van der Waals surface area contributed by atoms with E-state index in [9.17, 15) is 5.11 Å². The van der Waals surface area contributed by atoms with Crippen LogP contribution in [0.5, 0.6) is 0 Å². The van der Waals surface area contributed by atoms with Crippen molar-refractivity contribution in [2.45, 2.75) is 65.9 Å². The van der Waals surface area contributed by atoms with E-state index >= 15 is 0 Å². The Morgan fingerprint density at radius 3 is 2.61 bits per heavy atom. The molecule has 28 heavy (non-hydrogen) atoms. The molecule has 0 radical (unpaired) electrons. The average molecular weight is 393 g/mol. The molecule has 0 aromatic carbocycles. The van der Waals surface area contributed by atoms with Crippen LogP contribution in [-0.2, 0) is 5.60 Å². The Balaban J connectivity index is 1.76. The summed E-state index contributed by atoms with van der Waals surface area (Å²) in [7, 11) is 0. The number of likely N-dealkylation sites (tertiary alicyclic amines) is 1. The Bertz CT molecular complexity index is 616. The highest BCUT2D eigenvalue weighted by Gasteiger charge is 2.27. The van der Waals surface area contributed by atoms with E-state index in [0.29, 0.717) is 0 Å². The molecule has 1 saturated heterocycles. The molecule has 6 heteroatoms. The molecular weight excluding hydrogens is 352 g/mol. The van der Waals surface area contributed by atoms with Gasteiger partial charge >= 0.3 is 0 Å². The number of rotatable bonds is 9. The van der Waals surface area contributed by atoms with Gasteiger partial charge in [-0.1, -0.05) is 6.92 Å². The number of aliphatic imine (C=N–C) groups is 1. The van der Waals surface area contributed by atoms with Gasteiger partial charge < -0.3 is 25.1 Å².